The van der Waals surface area contributed by atoms with E-state index in [4.69, 9.17) is 4.42 Å². The Balaban J connectivity index is 2.40. The van der Waals surface area contributed by atoms with Gasteiger partial charge in [-0.1, -0.05) is 12.8 Å². The molecule has 1 N–H and O–H groups in total. The van der Waals surface area contributed by atoms with E-state index in [0.717, 1.165) is 12.8 Å². The smallest absolute Gasteiger partial charge is 0.433 e. The number of nitrogens with zero attached hydrogens (tertiary/aromatic N) is 1. The molecule has 1 aliphatic rings. The number of carbonyl (C=O) groups is 1. The van der Waals surface area contributed by atoms with E-state index in [0.29, 0.717) is 12.8 Å². The van der Waals surface area contributed by atoms with Crippen molar-refractivity contribution in [1.29, 1.82) is 0 Å². The zero-order valence-corrected chi connectivity index (χ0v) is 8.51. The van der Waals surface area contributed by atoms with Gasteiger partial charge < -0.3 is 9.52 Å². The second kappa shape index (κ2) is 3.62. The molecule has 2 rings (SSSR count). The third kappa shape index (κ3) is 1.46. The molecule has 0 aromatic carbocycles. The number of carboxylic acids is 1. The highest BCUT2D eigenvalue weighted by atomic mass is 16.6. The summed E-state index contributed by atoms with van der Waals surface area (Å²) in [6.45, 7) is 0. The summed E-state index contributed by atoms with van der Waals surface area (Å²) < 4.78 is 5.01. The second-order valence-corrected chi connectivity index (χ2v) is 3.99. The predicted octanol–water partition coefficient (Wildman–Crippen LogP) is 2.08. The van der Waals surface area contributed by atoms with Crippen LogP contribution in [0.1, 0.15) is 31.4 Å². The minimum Gasteiger partial charge on any atom is -0.480 e. The van der Waals surface area contributed by atoms with Crippen LogP contribution >= 0.6 is 0 Å². The van der Waals surface area contributed by atoms with Crippen molar-refractivity contribution >= 4 is 11.9 Å². The van der Waals surface area contributed by atoms with Crippen LogP contribution in [0.5, 0.6) is 0 Å². The second-order valence-electron chi connectivity index (χ2n) is 3.99. The summed E-state index contributed by atoms with van der Waals surface area (Å²) >= 11 is 0. The average Bonchev–Trinajstić information content (AvgIpc) is 2.87. The minimum absolute atomic E-state index is 0.198. The van der Waals surface area contributed by atoms with Gasteiger partial charge in [-0.25, -0.2) is 0 Å². The van der Waals surface area contributed by atoms with Gasteiger partial charge in [0.25, 0.3) is 0 Å². The number of aliphatic carboxylic acids is 1. The molecule has 16 heavy (non-hydrogen) atoms. The molecule has 6 nitrogen and oxygen atoms in total. The van der Waals surface area contributed by atoms with Crippen molar-refractivity contribution in [3.63, 3.8) is 0 Å². The average molecular weight is 225 g/mol. The highest BCUT2D eigenvalue weighted by Crippen LogP contribution is 2.42. The molecule has 0 saturated heterocycles. The molecule has 0 aliphatic heterocycles. The first kappa shape index (κ1) is 10.7. The number of hydrogen-bond donors (Lipinski definition) is 1. The fourth-order valence-corrected chi connectivity index (χ4v) is 2.23. The summed E-state index contributed by atoms with van der Waals surface area (Å²) in [6.07, 6.45) is 2.57. The molecule has 6 heteroatoms. The Morgan fingerprint density at radius 2 is 2.06 bits per heavy atom. The molecule has 0 radical (unpaired) electrons. The van der Waals surface area contributed by atoms with E-state index in [2.05, 4.69) is 0 Å². The molecule has 1 aromatic heterocycles. The maximum absolute atomic E-state index is 11.3. The van der Waals surface area contributed by atoms with E-state index in [1.54, 1.807) is 0 Å². The van der Waals surface area contributed by atoms with Crippen molar-refractivity contribution in [2.75, 3.05) is 0 Å². The Kier molecular flexibility index (Phi) is 2.41. The lowest BCUT2D eigenvalue weighted by Crippen LogP contribution is -2.32. The van der Waals surface area contributed by atoms with E-state index in [-0.39, 0.29) is 5.76 Å². The summed E-state index contributed by atoms with van der Waals surface area (Å²) in [7, 11) is 0. The van der Waals surface area contributed by atoms with Gasteiger partial charge in [-0.15, -0.1) is 0 Å². The highest BCUT2D eigenvalue weighted by molar-refractivity contribution is 5.81. The molecule has 86 valence electrons. The third-order valence-corrected chi connectivity index (χ3v) is 3.11. The van der Waals surface area contributed by atoms with Crippen molar-refractivity contribution in [2.45, 2.75) is 31.1 Å². The highest BCUT2D eigenvalue weighted by Gasteiger charge is 2.46. The first-order valence-corrected chi connectivity index (χ1v) is 5.04. The molecule has 0 spiro atoms. The van der Waals surface area contributed by atoms with E-state index >= 15 is 0 Å². The van der Waals surface area contributed by atoms with E-state index in [1.807, 2.05) is 0 Å². The summed E-state index contributed by atoms with van der Waals surface area (Å²) in [5.74, 6) is -1.17. The normalized spacial score (nSPS) is 18.5. The molecule has 0 amide bonds. The van der Waals surface area contributed by atoms with Crippen LogP contribution in [-0.4, -0.2) is 16.0 Å². The first-order chi connectivity index (χ1) is 7.56. The molecule has 0 atom stereocenters. The van der Waals surface area contributed by atoms with Crippen LogP contribution in [0.15, 0.2) is 16.5 Å². The zero-order chi connectivity index (χ0) is 11.8. The number of furan rings is 1. The third-order valence-electron chi connectivity index (χ3n) is 3.11. The number of rotatable bonds is 3. The van der Waals surface area contributed by atoms with E-state index < -0.39 is 22.2 Å². The molecular formula is C10H11NO5. The Labute approximate surface area is 91.0 Å². The topological polar surface area (TPSA) is 93.6 Å². The van der Waals surface area contributed by atoms with Crippen LogP contribution in [-0.2, 0) is 10.2 Å². The number of nitro groups is 1. The standard InChI is InChI=1S/C10H11NO5/c12-9(13)10(5-1-2-6-10)7-3-4-8(16-7)11(14)15/h3-4H,1-2,5-6H2,(H,12,13). The van der Waals surface area contributed by atoms with Gasteiger partial charge >= 0.3 is 11.9 Å². The van der Waals surface area contributed by atoms with Gasteiger partial charge in [0.2, 0.25) is 0 Å². The summed E-state index contributed by atoms with van der Waals surface area (Å²) in [5, 5.41) is 19.7. The zero-order valence-electron chi connectivity index (χ0n) is 8.51. The van der Waals surface area contributed by atoms with Crippen molar-refractivity contribution < 1.29 is 19.2 Å². The Bertz CT molecular complexity index is 430. The molecule has 1 aliphatic carbocycles. The van der Waals surface area contributed by atoms with Crippen LogP contribution < -0.4 is 0 Å². The quantitative estimate of drug-likeness (QED) is 0.627. The van der Waals surface area contributed by atoms with Crippen molar-refractivity contribution in [3.05, 3.63) is 28.0 Å². The van der Waals surface area contributed by atoms with Crippen molar-refractivity contribution in [2.24, 2.45) is 0 Å². The Hall–Kier alpha value is -1.85. The number of hydrogen-bond acceptors (Lipinski definition) is 4. The fraction of sp³-hybridized carbons (Fsp3) is 0.500. The first-order valence-electron chi connectivity index (χ1n) is 5.04. The van der Waals surface area contributed by atoms with Gasteiger partial charge in [-0.3, -0.25) is 14.9 Å². The molecular weight excluding hydrogens is 214 g/mol. The minimum atomic E-state index is -1.06. The summed E-state index contributed by atoms with van der Waals surface area (Å²) in [4.78, 5) is 21.1. The summed E-state index contributed by atoms with van der Waals surface area (Å²) in [6, 6.07) is 2.61. The largest absolute Gasteiger partial charge is 0.480 e. The van der Waals surface area contributed by atoms with Crippen LogP contribution in [0.3, 0.4) is 0 Å². The summed E-state index contributed by atoms with van der Waals surface area (Å²) in [5.41, 5.74) is -1.06. The van der Waals surface area contributed by atoms with Crippen LogP contribution in [0.25, 0.3) is 0 Å². The molecule has 1 saturated carbocycles. The van der Waals surface area contributed by atoms with E-state index in [9.17, 15) is 20.0 Å². The Morgan fingerprint density at radius 1 is 1.44 bits per heavy atom. The molecule has 1 aromatic rings. The lowest BCUT2D eigenvalue weighted by atomic mass is 9.84. The van der Waals surface area contributed by atoms with Gasteiger partial charge in [0, 0.05) is 0 Å². The molecule has 0 bridgehead atoms. The predicted molar refractivity (Wildman–Crippen MR) is 53.1 cm³/mol. The monoisotopic (exact) mass is 225 g/mol. The number of carboxylic acid groups (broad SMARTS) is 1. The van der Waals surface area contributed by atoms with Gasteiger partial charge in [-0.2, -0.15) is 0 Å². The lowest BCUT2D eigenvalue weighted by Gasteiger charge is -2.20. The maximum atomic E-state index is 11.3. The van der Waals surface area contributed by atoms with Crippen LogP contribution in [0.2, 0.25) is 0 Å². The van der Waals surface area contributed by atoms with Crippen molar-refractivity contribution in [3.8, 4) is 0 Å². The van der Waals surface area contributed by atoms with E-state index in [1.165, 1.54) is 12.1 Å². The van der Waals surface area contributed by atoms with Crippen LogP contribution in [0, 0.1) is 10.1 Å². The van der Waals surface area contributed by atoms with Gasteiger partial charge in [0.1, 0.15) is 16.1 Å². The molecule has 1 fully saturated rings. The lowest BCUT2D eigenvalue weighted by molar-refractivity contribution is -0.402. The Morgan fingerprint density at radius 3 is 2.50 bits per heavy atom. The molecule has 1 heterocycles. The van der Waals surface area contributed by atoms with Crippen LogP contribution in [0.4, 0.5) is 5.88 Å². The fourth-order valence-electron chi connectivity index (χ4n) is 2.23. The van der Waals surface area contributed by atoms with Crippen molar-refractivity contribution in [1.82, 2.24) is 0 Å². The molecule has 0 unspecified atom stereocenters. The maximum Gasteiger partial charge on any atom is 0.433 e. The van der Waals surface area contributed by atoms with Gasteiger partial charge in [0.15, 0.2) is 0 Å². The SMILES string of the molecule is O=C(O)C1(c2ccc([N+](=O)[O-])o2)CCCC1. The van der Waals surface area contributed by atoms with Gasteiger partial charge in [0.05, 0.1) is 6.07 Å². The van der Waals surface area contributed by atoms with Gasteiger partial charge in [-0.05, 0) is 18.9 Å².